The van der Waals surface area contributed by atoms with Gasteiger partial charge in [0.15, 0.2) is 0 Å². The normalized spacial score (nSPS) is 12.5. The van der Waals surface area contributed by atoms with E-state index >= 15 is 0 Å². The molecule has 0 amide bonds. The molecule has 38 heavy (non-hydrogen) atoms. The van der Waals surface area contributed by atoms with Crippen LogP contribution in [0.4, 0.5) is 5.69 Å². The lowest BCUT2D eigenvalue weighted by Gasteiger charge is -2.36. The van der Waals surface area contributed by atoms with Gasteiger partial charge in [0, 0.05) is 5.69 Å². The molecule has 1 N–H and O–H groups in total. The second kappa shape index (κ2) is 11.8. The molecule has 192 valence electrons. The van der Waals surface area contributed by atoms with Crippen LogP contribution < -0.4 is 10.2 Å². The Kier molecular flexibility index (Phi) is 8.28. The molecule has 0 radical (unpaired) electrons. The summed E-state index contributed by atoms with van der Waals surface area (Å²) in [5.41, 5.74) is 5.83. The van der Waals surface area contributed by atoms with Crippen molar-refractivity contribution in [3.05, 3.63) is 162 Å². The molecule has 0 saturated heterocycles. The molecule has 0 aliphatic rings. The highest BCUT2D eigenvalue weighted by Gasteiger charge is 2.35. The van der Waals surface area contributed by atoms with Crippen LogP contribution in [0.5, 0.6) is 0 Å². The average Bonchev–Trinajstić information content (AvgIpc) is 2.94. The Morgan fingerprint density at radius 3 is 1.71 bits per heavy atom. The van der Waals surface area contributed by atoms with Crippen LogP contribution in [-0.4, -0.2) is 5.84 Å². The Bertz CT molecular complexity index is 1370. The van der Waals surface area contributed by atoms with Crippen molar-refractivity contribution in [1.82, 2.24) is 5.32 Å². The maximum absolute atomic E-state index is 5.34. The maximum Gasteiger partial charge on any atom is 0.133 e. The van der Waals surface area contributed by atoms with Crippen molar-refractivity contribution in [1.29, 1.82) is 0 Å². The second-order valence-corrected chi connectivity index (χ2v) is 9.73. The Morgan fingerprint density at radius 2 is 1.21 bits per heavy atom. The fourth-order valence-corrected chi connectivity index (χ4v) is 5.09. The van der Waals surface area contributed by atoms with E-state index in [1.165, 1.54) is 11.1 Å². The van der Waals surface area contributed by atoms with Gasteiger partial charge < -0.3 is 10.2 Å². The van der Waals surface area contributed by atoms with Gasteiger partial charge in [-0.3, -0.25) is 4.99 Å². The van der Waals surface area contributed by atoms with Crippen LogP contribution in [0, 0.1) is 6.92 Å². The fraction of sp³-hybridized carbons (Fsp3) is 0.171. The number of hydrogen-bond donors (Lipinski definition) is 1. The summed E-state index contributed by atoms with van der Waals surface area (Å²) in [7, 11) is 0. The van der Waals surface area contributed by atoms with Crippen molar-refractivity contribution in [2.75, 3.05) is 4.90 Å². The zero-order valence-electron chi connectivity index (χ0n) is 22.9. The number of amidine groups is 1. The summed E-state index contributed by atoms with van der Waals surface area (Å²) >= 11 is 0. The third-order valence-corrected chi connectivity index (χ3v) is 7.00. The molecule has 0 aromatic heterocycles. The monoisotopic (exact) mass is 499 g/mol. The van der Waals surface area contributed by atoms with Gasteiger partial charge in [-0.15, -0.1) is 0 Å². The van der Waals surface area contributed by atoms with Gasteiger partial charge in [-0.05, 0) is 61.6 Å². The minimum atomic E-state index is -0.738. The number of anilines is 1. The number of nitrogens with one attached hydrogen (secondary N) is 1. The van der Waals surface area contributed by atoms with E-state index in [0.29, 0.717) is 0 Å². The fourth-order valence-electron chi connectivity index (χ4n) is 5.09. The third-order valence-electron chi connectivity index (χ3n) is 7.00. The number of rotatable bonds is 9. The van der Waals surface area contributed by atoms with Crippen LogP contribution in [0.1, 0.15) is 49.1 Å². The van der Waals surface area contributed by atoms with Crippen molar-refractivity contribution in [2.45, 2.75) is 39.3 Å². The van der Waals surface area contributed by atoms with Crippen molar-refractivity contribution < 1.29 is 0 Å². The molecule has 0 aliphatic heterocycles. The highest BCUT2D eigenvalue weighted by Crippen LogP contribution is 2.40. The van der Waals surface area contributed by atoms with Crippen molar-refractivity contribution >= 4 is 11.5 Å². The topological polar surface area (TPSA) is 27.6 Å². The van der Waals surface area contributed by atoms with Crippen LogP contribution in [0.3, 0.4) is 0 Å². The number of aryl methyl sites for hydroxylation is 1. The zero-order valence-corrected chi connectivity index (χ0v) is 22.9. The van der Waals surface area contributed by atoms with Gasteiger partial charge in [0.05, 0.1) is 6.04 Å². The summed E-state index contributed by atoms with van der Waals surface area (Å²) < 4.78 is 0. The van der Waals surface area contributed by atoms with Gasteiger partial charge in [0.2, 0.25) is 0 Å². The van der Waals surface area contributed by atoms with E-state index in [4.69, 9.17) is 4.99 Å². The SMILES string of the molecule is C=C(NC(C)=NC(C(=C)C)(c1ccccc1)c1ccccc1)N(c1ccccc1C)C(C)c1ccccc1. The Hall–Kier alpha value is -4.37. The first-order chi connectivity index (χ1) is 18.3. The first-order valence-electron chi connectivity index (χ1n) is 13.0. The molecule has 0 fully saturated rings. The molecule has 1 unspecified atom stereocenters. The molecule has 1 atom stereocenters. The zero-order chi connectivity index (χ0) is 27.1. The van der Waals surface area contributed by atoms with Gasteiger partial charge in [0.1, 0.15) is 17.2 Å². The molecular formula is C35H37N3. The molecule has 0 heterocycles. The van der Waals surface area contributed by atoms with Crippen LogP contribution >= 0.6 is 0 Å². The third kappa shape index (κ3) is 5.47. The average molecular weight is 500 g/mol. The van der Waals surface area contributed by atoms with E-state index in [0.717, 1.165) is 34.0 Å². The first-order valence-corrected chi connectivity index (χ1v) is 13.0. The van der Waals surface area contributed by atoms with Gasteiger partial charge >= 0.3 is 0 Å². The molecular weight excluding hydrogens is 462 g/mol. The number of nitrogens with zero attached hydrogens (tertiary/aromatic N) is 2. The molecule has 4 rings (SSSR count). The molecule has 0 spiro atoms. The van der Waals surface area contributed by atoms with Crippen molar-refractivity contribution in [2.24, 2.45) is 4.99 Å². The highest BCUT2D eigenvalue weighted by atomic mass is 15.3. The smallest absolute Gasteiger partial charge is 0.133 e. The lowest BCUT2D eigenvalue weighted by atomic mass is 9.78. The van der Waals surface area contributed by atoms with Crippen LogP contribution in [0.2, 0.25) is 0 Å². The summed E-state index contributed by atoms with van der Waals surface area (Å²) in [6, 6.07) is 39.7. The predicted octanol–water partition coefficient (Wildman–Crippen LogP) is 8.56. The lowest BCUT2D eigenvalue weighted by Crippen LogP contribution is -2.38. The molecule has 3 nitrogen and oxygen atoms in total. The van der Waals surface area contributed by atoms with E-state index in [2.05, 4.69) is 134 Å². The molecule has 0 saturated carbocycles. The van der Waals surface area contributed by atoms with E-state index in [9.17, 15) is 0 Å². The summed E-state index contributed by atoms with van der Waals surface area (Å²) in [5, 5.41) is 3.55. The number of para-hydroxylation sites is 1. The Balaban J connectivity index is 1.78. The van der Waals surface area contributed by atoms with Crippen molar-refractivity contribution in [3.8, 4) is 0 Å². The molecule has 4 aromatic rings. The predicted molar refractivity (Wildman–Crippen MR) is 162 cm³/mol. The molecule has 0 bridgehead atoms. The van der Waals surface area contributed by atoms with Crippen LogP contribution in [0.25, 0.3) is 0 Å². The van der Waals surface area contributed by atoms with Crippen LogP contribution in [-0.2, 0) is 5.54 Å². The van der Waals surface area contributed by atoms with Gasteiger partial charge in [-0.1, -0.05) is 122 Å². The quantitative estimate of drug-likeness (QED) is 0.142. The summed E-state index contributed by atoms with van der Waals surface area (Å²) in [6.07, 6.45) is 0. The largest absolute Gasteiger partial charge is 0.331 e. The first kappa shape index (κ1) is 26.7. The summed E-state index contributed by atoms with van der Waals surface area (Å²) in [4.78, 5) is 7.58. The number of aliphatic imine (C=N–C) groups is 1. The van der Waals surface area contributed by atoms with Gasteiger partial charge in [-0.25, -0.2) is 0 Å². The van der Waals surface area contributed by atoms with E-state index in [1.54, 1.807) is 0 Å². The summed E-state index contributed by atoms with van der Waals surface area (Å²) in [5.74, 6) is 1.51. The van der Waals surface area contributed by atoms with E-state index in [1.807, 2.05) is 32.0 Å². The standard InChI is InChI=1S/C35H37N3/c1-26(2)35(32-21-12-8-13-22-32,33-23-14-9-15-24-33)37-29(5)36-30(6)38(34-25-17-16-18-27(34)3)28(4)31-19-10-7-11-20-31/h7-25,28H,1,6H2,2-5H3,(H,36,37). The van der Waals surface area contributed by atoms with Crippen molar-refractivity contribution in [3.63, 3.8) is 0 Å². The number of hydrogen-bond acceptors (Lipinski definition) is 2. The maximum atomic E-state index is 5.34. The molecule has 4 aromatic carbocycles. The van der Waals surface area contributed by atoms with Crippen LogP contribution in [0.15, 0.2) is 145 Å². The lowest BCUT2D eigenvalue weighted by molar-refractivity contribution is 0.635. The number of benzene rings is 4. The van der Waals surface area contributed by atoms with Gasteiger partial charge in [-0.2, -0.15) is 0 Å². The highest BCUT2D eigenvalue weighted by molar-refractivity contribution is 5.83. The minimum absolute atomic E-state index is 0.0549. The minimum Gasteiger partial charge on any atom is -0.331 e. The van der Waals surface area contributed by atoms with Gasteiger partial charge in [0.25, 0.3) is 0 Å². The summed E-state index contributed by atoms with van der Waals surface area (Å²) in [6.45, 7) is 17.3. The van der Waals surface area contributed by atoms with E-state index < -0.39 is 5.54 Å². The Labute approximate surface area is 227 Å². The molecule has 3 heteroatoms. The van der Waals surface area contributed by atoms with E-state index in [-0.39, 0.29) is 6.04 Å². The molecule has 0 aliphatic carbocycles. The second-order valence-electron chi connectivity index (χ2n) is 9.73. The Morgan fingerprint density at radius 1 is 0.737 bits per heavy atom.